The van der Waals surface area contributed by atoms with Crippen LogP contribution in [0.5, 0.6) is 0 Å². The van der Waals surface area contributed by atoms with Crippen LogP contribution in [-0.2, 0) is 6.54 Å². The molecule has 0 saturated carbocycles. The maximum atomic E-state index is 13.4. The van der Waals surface area contributed by atoms with Crippen LogP contribution in [0.2, 0.25) is 0 Å². The third-order valence-corrected chi connectivity index (χ3v) is 2.86. The lowest BCUT2D eigenvalue weighted by atomic mass is 10.1. The molecule has 1 aromatic carbocycles. The van der Waals surface area contributed by atoms with E-state index in [0.29, 0.717) is 23.0 Å². The van der Waals surface area contributed by atoms with Crippen molar-refractivity contribution in [2.45, 2.75) is 33.2 Å². The molecule has 1 aromatic heterocycles. The Morgan fingerprint density at radius 2 is 2.11 bits per heavy atom. The molecule has 5 nitrogen and oxygen atoms in total. The highest BCUT2D eigenvalue weighted by molar-refractivity contribution is 5.61. The normalized spacial score (nSPS) is 11.2. The van der Waals surface area contributed by atoms with Crippen LogP contribution in [0, 0.1) is 11.7 Å². The predicted octanol–water partition coefficient (Wildman–Crippen LogP) is 2.50. The molecule has 19 heavy (non-hydrogen) atoms. The second-order valence-corrected chi connectivity index (χ2v) is 5.03. The smallest absolute Gasteiger partial charge is 0.182 e. The zero-order valence-electron chi connectivity index (χ0n) is 11.2. The van der Waals surface area contributed by atoms with Crippen LogP contribution in [0.25, 0.3) is 11.4 Å². The highest BCUT2D eigenvalue weighted by Crippen LogP contribution is 2.21. The van der Waals surface area contributed by atoms with Gasteiger partial charge in [-0.2, -0.15) is 0 Å². The Morgan fingerprint density at radius 3 is 2.79 bits per heavy atom. The molecule has 2 rings (SSSR count). The van der Waals surface area contributed by atoms with E-state index >= 15 is 0 Å². The van der Waals surface area contributed by atoms with Gasteiger partial charge in [-0.15, -0.1) is 5.10 Å². The fourth-order valence-corrected chi connectivity index (χ4v) is 1.95. The maximum Gasteiger partial charge on any atom is 0.182 e. The van der Waals surface area contributed by atoms with Crippen LogP contribution in [0.3, 0.4) is 0 Å². The first-order valence-electron chi connectivity index (χ1n) is 6.39. The molecule has 6 heteroatoms. The van der Waals surface area contributed by atoms with Gasteiger partial charge in [0, 0.05) is 17.8 Å². The lowest BCUT2D eigenvalue weighted by Crippen LogP contribution is -2.04. The van der Waals surface area contributed by atoms with Gasteiger partial charge in [-0.3, -0.25) is 0 Å². The van der Waals surface area contributed by atoms with Gasteiger partial charge in [-0.1, -0.05) is 13.8 Å². The summed E-state index contributed by atoms with van der Waals surface area (Å²) in [5, 5.41) is 11.5. The van der Waals surface area contributed by atoms with E-state index < -0.39 is 0 Å². The summed E-state index contributed by atoms with van der Waals surface area (Å²) in [6, 6.07) is 4.34. The number of aromatic nitrogens is 4. The average molecular weight is 263 g/mol. The molecular weight excluding hydrogens is 245 g/mol. The summed E-state index contributed by atoms with van der Waals surface area (Å²) < 4.78 is 15.0. The van der Waals surface area contributed by atoms with Crippen LogP contribution >= 0.6 is 0 Å². The first-order valence-corrected chi connectivity index (χ1v) is 6.39. The van der Waals surface area contributed by atoms with Gasteiger partial charge in [0.2, 0.25) is 0 Å². The van der Waals surface area contributed by atoms with Gasteiger partial charge >= 0.3 is 0 Å². The molecule has 1 heterocycles. The fourth-order valence-electron chi connectivity index (χ4n) is 1.95. The van der Waals surface area contributed by atoms with E-state index in [0.717, 1.165) is 19.4 Å². The topological polar surface area (TPSA) is 69.6 Å². The van der Waals surface area contributed by atoms with E-state index in [9.17, 15) is 4.39 Å². The molecule has 0 radical (unpaired) electrons. The Balaban J connectivity index is 2.18. The molecule has 2 N–H and O–H groups in total. The Labute approximate surface area is 111 Å². The lowest BCUT2D eigenvalue weighted by Gasteiger charge is -2.07. The number of nitrogens with zero attached hydrogens (tertiary/aromatic N) is 4. The van der Waals surface area contributed by atoms with E-state index in [1.165, 1.54) is 12.1 Å². The number of benzene rings is 1. The fraction of sp³-hybridized carbons (Fsp3) is 0.462. The van der Waals surface area contributed by atoms with Gasteiger partial charge in [-0.05, 0) is 47.4 Å². The number of hydrogen-bond acceptors (Lipinski definition) is 4. The minimum atomic E-state index is -0.383. The minimum Gasteiger partial charge on any atom is -0.399 e. The van der Waals surface area contributed by atoms with Crippen molar-refractivity contribution in [3.05, 3.63) is 24.0 Å². The molecule has 0 unspecified atom stereocenters. The highest BCUT2D eigenvalue weighted by atomic mass is 19.1. The Hall–Kier alpha value is -1.98. The average Bonchev–Trinajstić information content (AvgIpc) is 2.75. The van der Waals surface area contributed by atoms with Crippen molar-refractivity contribution in [2.24, 2.45) is 5.92 Å². The molecule has 0 amide bonds. The number of anilines is 1. The second kappa shape index (κ2) is 5.77. The third kappa shape index (κ3) is 3.49. The molecule has 0 spiro atoms. The molecule has 0 bridgehead atoms. The summed E-state index contributed by atoms with van der Waals surface area (Å²) in [4.78, 5) is 0. The SMILES string of the molecule is CC(C)CCCn1nnnc1-c1cc(N)cc(F)c1. The molecule has 0 saturated heterocycles. The van der Waals surface area contributed by atoms with Gasteiger partial charge in [0.1, 0.15) is 5.82 Å². The molecule has 0 fully saturated rings. The van der Waals surface area contributed by atoms with E-state index in [1.54, 1.807) is 10.7 Å². The molecule has 0 aliphatic heterocycles. The molecular formula is C13H18FN5. The summed E-state index contributed by atoms with van der Waals surface area (Å²) in [6.07, 6.45) is 2.09. The van der Waals surface area contributed by atoms with Crippen molar-refractivity contribution in [3.63, 3.8) is 0 Å². The summed E-state index contributed by atoms with van der Waals surface area (Å²) in [6.45, 7) is 5.07. The van der Waals surface area contributed by atoms with Gasteiger partial charge < -0.3 is 5.73 Å². The van der Waals surface area contributed by atoms with Crippen molar-refractivity contribution in [3.8, 4) is 11.4 Å². The van der Waals surface area contributed by atoms with Crippen LogP contribution in [0.15, 0.2) is 18.2 Å². The van der Waals surface area contributed by atoms with E-state index in [1.807, 2.05) is 0 Å². The van der Waals surface area contributed by atoms with Gasteiger partial charge in [-0.25, -0.2) is 9.07 Å². The number of halogens is 1. The zero-order chi connectivity index (χ0) is 13.8. The Morgan fingerprint density at radius 1 is 1.32 bits per heavy atom. The number of hydrogen-bond donors (Lipinski definition) is 1. The highest BCUT2D eigenvalue weighted by Gasteiger charge is 2.10. The number of rotatable bonds is 5. The molecule has 2 aromatic rings. The molecule has 0 aliphatic rings. The summed E-state index contributed by atoms with van der Waals surface area (Å²) in [5.41, 5.74) is 6.61. The minimum absolute atomic E-state index is 0.367. The largest absolute Gasteiger partial charge is 0.399 e. The van der Waals surface area contributed by atoms with Crippen molar-refractivity contribution in [2.75, 3.05) is 5.73 Å². The lowest BCUT2D eigenvalue weighted by molar-refractivity contribution is 0.485. The first-order chi connectivity index (χ1) is 9.06. The summed E-state index contributed by atoms with van der Waals surface area (Å²) >= 11 is 0. The van der Waals surface area contributed by atoms with Gasteiger partial charge in [0.25, 0.3) is 0 Å². The molecule has 0 atom stereocenters. The summed E-state index contributed by atoms with van der Waals surface area (Å²) in [5.74, 6) is 0.812. The number of tetrazole rings is 1. The Kier molecular flexibility index (Phi) is 4.09. The monoisotopic (exact) mass is 263 g/mol. The zero-order valence-corrected chi connectivity index (χ0v) is 11.2. The predicted molar refractivity (Wildman–Crippen MR) is 71.7 cm³/mol. The quantitative estimate of drug-likeness (QED) is 0.841. The van der Waals surface area contributed by atoms with Gasteiger partial charge in [0.15, 0.2) is 5.82 Å². The maximum absolute atomic E-state index is 13.4. The third-order valence-electron chi connectivity index (χ3n) is 2.86. The van der Waals surface area contributed by atoms with Crippen molar-refractivity contribution < 1.29 is 4.39 Å². The van der Waals surface area contributed by atoms with Crippen LogP contribution in [0.4, 0.5) is 10.1 Å². The van der Waals surface area contributed by atoms with E-state index in [4.69, 9.17) is 5.73 Å². The van der Waals surface area contributed by atoms with Crippen LogP contribution in [-0.4, -0.2) is 20.2 Å². The van der Waals surface area contributed by atoms with E-state index in [-0.39, 0.29) is 5.82 Å². The number of aryl methyl sites for hydroxylation is 1. The first kappa shape index (κ1) is 13.5. The Bertz CT molecular complexity index is 529. The van der Waals surface area contributed by atoms with E-state index in [2.05, 4.69) is 29.4 Å². The standard InChI is InChI=1S/C13H18FN5/c1-9(2)4-3-5-19-13(16-17-18-19)10-6-11(14)8-12(15)7-10/h6-9H,3-5,15H2,1-2H3. The second-order valence-electron chi connectivity index (χ2n) is 5.03. The van der Waals surface area contributed by atoms with Crippen LogP contribution in [0.1, 0.15) is 26.7 Å². The number of nitrogens with two attached hydrogens (primary N) is 1. The molecule has 0 aliphatic carbocycles. The van der Waals surface area contributed by atoms with Gasteiger partial charge in [0.05, 0.1) is 0 Å². The van der Waals surface area contributed by atoms with Crippen LogP contribution < -0.4 is 5.73 Å². The van der Waals surface area contributed by atoms with Crippen molar-refractivity contribution >= 4 is 5.69 Å². The van der Waals surface area contributed by atoms with Crippen molar-refractivity contribution in [1.29, 1.82) is 0 Å². The summed E-state index contributed by atoms with van der Waals surface area (Å²) in [7, 11) is 0. The molecule has 102 valence electrons. The number of nitrogen functional groups attached to an aromatic ring is 1. The van der Waals surface area contributed by atoms with Crippen molar-refractivity contribution in [1.82, 2.24) is 20.2 Å².